The van der Waals surface area contributed by atoms with E-state index in [4.69, 9.17) is 4.74 Å². The first-order chi connectivity index (χ1) is 15.2. The molecule has 2 aliphatic rings. The van der Waals surface area contributed by atoms with Crippen LogP contribution in [0.15, 0.2) is 48.8 Å². The van der Waals surface area contributed by atoms with Crippen molar-refractivity contribution in [2.24, 2.45) is 0 Å². The molecule has 1 N–H and O–H groups in total. The maximum absolute atomic E-state index is 12.7. The fourth-order valence-electron chi connectivity index (χ4n) is 4.20. The molecule has 0 unspecified atom stereocenters. The molecular formula is C23H25N5O3. The van der Waals surface area contributed by atoms with E-state index in [2.05, 4.69) is 10.3 Å². The van der Waals surface area contributed by atoms with Crippen LogP contribution in [0.3, 0.4) is 0 Å². The SMILES string of the molecule is O=C(Nc1cc(Oc2ccc3c(ccn3C(=O)N3CCCC3)c2)ccn1)N1CCCC1. The minimum absolute atomic E-state index is 0.0219. The third-order valence-electron chi connectivity index (χ3n) is 5.84. The average Bonchev–Trinajstić information content (AvgIpc) is 3.55. The first kappa shape index (κ1) is 19.4. The van der Waals surface area contributed by atoms with E-state index in [1.54, 1.807) is 27.8 Å². The molecule has 2 fully saturated rings. The van der Waals surface area contributed by atoms with Crippen LogP contribution >= 0.6 is 0 Å². The lowest BCUT2D eigenvalue weighted by Crippen LogP contribution is -2.32. The summed E-state index contributed by atoms with van der Waals surface area (Å²) in [5.41, 5.74) is 0.859. The Hall–Kier alpha value is -3.55. The number of benzene rings is 1. The normalized spacial score (nSPS) is 16.1. The van der Waals surface area contributed by atoms with E-state index >= 15 is 0 Å². The number of nitrogens with one attached hydrogen (secondary N) is 1. The molecule has 31 heavy (non-hydrogen) atoms. The van der Waals surface area contributed by atoms with Crippen LogP contribution in [0.4, 0.5) is 15.4 Å². The number of aromatic nitrogens is 2. The first-order valence-corrected chi connectivity index (χ1v) is 10.8. The molecule has 3 amide bonds. The highest BCUT2D eigenvalue weighted by Crippen LogP contribution is 2.28. The second-order valence-corrected chi connectivity index (χ2v) is 7.99. The highest BCUT2D eigenvalue weighted by molar-refractivity contribution is 5.92. The van der Waals surface area contributed by atoms with Crippen molar-refractivity contribution in [1.29, 1.82) is 0 Å². The lowest BCUT2D eigenvalue weighted by atomic mass is 10.2. The van der Waals surface area contributed by atoms with Gasteiger partial charge in [0.25, 0.3) is 0 Å². The monoisotopic (exact) mass is 419 g/mol. The van der Waals surface area contributed by atoms with Crippen LogP contribution < -0.4 is 10.1 Å². The van der Waals surface area contributed by atoms with Crippen LogP contribution in [0.25, 0.3) is 10.9 Å². The van der Waals surface area contributed by atoms with Gasteiger partial charge in [-0.25, -0.2) is 14.6 Å². The minimum atomic E-state index is -0.132. The maximum atomic E-state index is 12.7. The van der Waals surface area contributed by atoms with E-state index in [-0.39, 0.29) is 12.1 Å². The number of anilines is 1. The number of hydrogen-bond donors (Lipinski definition) is 1. The smallest absolute Gasteiger partial charge is 0.328 e. The second kappa shape index (κ2) is 8.29. The van der Waals surface area contributed by atoms with E-state index < -0.39 is 0 Å². The number of likely N-dealkylation sites (tertiary alicyclic amines) is 2. The molecule has 8 nitrogen and oxygen atoms in total. The zero-order valence-electron chi connectivity index (χ0n) is 17.3. The third-order valence-corrected chi connectivity index (χ3v) is 5.84. The molecule has 1 aromatic carbocycles. The summed E-state index contributed by atoms with van der Waals surface area (Å²) in [6.45, 7) is 3.20. The zero-order valence-corrected chi connectivity index (χ0v) is 17.3. The van der Waals surface area contributed by atoms with Gasteiger partial charge in [0, 0.05) is 50.0 Å². The summed E-state index contributed by atoms with van der Waals surface area (Å²) in [6, 6.07) is 10.9. The molecule has 5 rings (SSSR count). The van der Waals surface area contributed by atoms with Gasteiger partial charge in [-0.05, 0) is 56.0 Å². The summed E-state index contributed by atoms with van der Waals surface area (Å²) in [5, 5.41) is 3.76. The molecule has 0 spiro atoms. The molecule has 4 heterocycles. The van der Waals surface area contributed by atoms with Gasteiger partial charge < -0.3 is 14.5 Å². The van der Waals surface area contributed by atoms with E-state index in [0.29, 0.717) is 17.3 Å². The topological polar surface area (TPSA) is 79.7 Å². The molecule has 160 valence electrons. The number of fused-ring (bicyclic) bond motifs is 1. The van der Waals surface area contributed by atoms with Gasteiger partial charge in [0.15, 0.2) is 0 Å². The maximum Gasteiger partial charge on any atom is 0.328 e. The van der Waals surface area contributed by atoms with Gasteiger partial charge in [-0.3, -0.25) is 9.88 Å². The van der Waals surface area contributed by atoms with Crippen LogP contribution in [-0.2, 0) is 0 Å². The van der Waals surface area contributed by atoms with Crippen LogP contribution in [0.1, 0.15) is 25.7 Å². The van der Waals surface area contributed by atoms with Gasteiger partial charge >= 0.3 is 12.1 Å². The second-order valence-electron chi connectivity index (χ2n) is 7.99. The highest BCUT2D eigenvalue weighted by Gasteiger charge is 2.21. The standard InChI is InChI=1S/C23H25N5O3/c29-22(26-10-1-2-11-26)25-21-16-19(7-9-24-21)31-18-5-6-20-17(15-18)8-14-28(20)23(30)27-12-3-4-13-27/h5-9,14-16H,1-4,10-13H2,(H,24,25,29). The summed E-state index contributed by atoms with van der Waals surface area (Å²) >= 11 is 0. The van der Waals surface area contributed by atoms with E-state index in [9.17, 15) is 9.59 Å². The molecule has 8 heteroatoms. The Bertz CT molecular complexity index is 1110. The lowest BCUT2D eigenvalue weighted by Gasteiger charge is -2.16. The predicted octanol–water partition coefficient (Wildman–Crippen LogP) is 4.52. The molecule has 3 aromatic rings. The number of amides is 3. The molecule has 2 aliphatic heterocycles. The fraction of sp³-hybridized carbons (Fsp3) is 0.348. The van der Waals surface area contributed by atoms with Crippen molar-refractivity contribution in [1.82, 2.24) is 19.4 Å². The summed E-state index contributed by atoms with van der Waals surface area (Å²) < 4.78 is 7.69. The Morgan fingerprint density at radius 2 is 1.58 bits per heavy atom. The Morgan fingerprint density at radius 1 is 0.871 bits per heavy atom. The number of carbonyl (C=O) groups is 2. The number of carbonyl (C=O) groups excluding carboxylic acids is 2. The number of hydrogen-bond acceptors (Lipinski definition) is 4. The average molecular weight is 419 g/mol. The van der Waals surface area contributed by atoms with Gasteiger partial charge in [0.05, 0.1) is 5.52 Å². The van der Waals surface area contributed by atoms with Gasteiger partial charge in [-0.15, -0.1) is 0 Å². The van der Waals surface area contributed by atoms with E-state index in [1.165, 1.54) is 0 Å². The van der Waals surface area contributed by atoms with Crippen molar-refractivity contribution >= 4 is 28.8 Å². The van der Waals surface area contributed by atoms with Gasteiger partial charge in [-0.2, -0.15) is 0 Å². The quantitative estimate of drug-likeness (QED) is 0.677. The third kappa shape index (κ3) is 4.05. The molecule has 0 aliphatic carbocycles. The molecule has 0 atom stereocenters. The Kier molecular flexibility index (Phi) is 5.19. The van der Waals surface area contributed by atoms with Gasteiger partial charge in [0.2, 0.25) is 0 Å². The summed E-state index contributed by atoms with van der Waals surface area (Å²) in [7, 11) is 0. The first-order valence-electron chi connectivity index (χ1n) is 10.8. The van der Waals surface area contributed by atoms with Gasteiger partial charge in [0.1, 0.15) is 17.3 Å². The molecule has 0 radical (unpaired) electrons. The Labute approximate surface area is 180 Å². The molecule has 2 saturated heterocycles. The van der Waals surface area contributed by atoms with Crippen LogP contribution in [0, 0.1) is 0 Å². The molecule has 0 bridgehead atoms. The lowest BCUT2D eigenvalue weighted by molar-refractivity contribution is 0.211. The number of ether oxygens (including phenoxy) is 1. The summed E-state index contributed by atoms with van der Waals surface area (Å²) in [6.07, 6.45) is 7.63. The number of rotatable bonds is 3. The van der Waals surface area contributed by atoms with Crippen molar-refractivity contribution in [3.8, 4) is 11.5 Å². The van der Waals surface area contributed by atoms with Gasteiger partial charge in [-0.1, -0.05) is 0 Å². The summed E-state index contributed by atoms with van der Waals surface area (Å²) in [4.78, 5) is 32.9. The van der Waals surface area contributed by atoms with Crippen LogP contribution in [0.5, 0.6) is 11.5 Å². The fourth-order valence-corrected chi connectivity index (χ4v) is 4.20. The Morgan fingerprint density at radius 3 is 2.35 bits per heavy atom. The molecular weight excluding hydrogens is 394 g/mol. The Balaban J connectivity index is 1.30. The van der Waals surface area contributed by atoms with E-state index in [1.807, 2.05) is 35.4 Å². The van der Waals surface area contributed by atoms with E-state index in [0.717, 1.165) is 62.8 Å². The largest absolute Gasteiger partial charge is 0.457 e. The van der Waals surface area contributed by atoms with Crippen molar-refractivity contribution < 1.29 is 14.3 Å². The van der Waals surface area contributed by atoms with Crippen molar-refractivity contribution in [2.75, 3.05) is 31.5 Å². The number of urea groups is 1. The minimum Gasteiger partial charge on any atom is -0.457 e. The van der Waals surface area contributed by atoms with Crippen molar-refractivity contribution in [3.63, 3.8) is 0 Å². The van der Waals surface area contributed by atoms with Crippen LogP contribution in [-0.4, -0.2) is 57.6 Å². The number of pyridine rings is 1. The zero-order chi connectivity index (χ0) is 21.2. The van der Waals surface area contributed by atoms with Crippen molar-refractivity contribution in [2.45, 2.75) is 25.7 Å². The predicted molar refractivity (Wildman–Crippen MR) is 118 cm³/mol. The number of nitrogens with zero attached hydrogens (tertiary/aromatic N) is 4. The molecule has 2 aromatic heterocycles. The highest BCUT2D eigenvalue weighted by atomic mass is 16.5. The van der Waals surface area contributed by atoms with Crippen molar-refractivity contribution in [3.05, 3.63) is 48.8 Å². The van der Waals surface area contributed by atoms with Crippen LogP contribution in [0.2, 0.25) is 0 Å². The summed E-state index contributed by atoms with van der Waals surface area (Å²) in [5.74, 6) is 1.69. The molecule has 0 saturated carbocycles.